The van der Waals surface area contributed by atoms with Crippen LogP contribution in [0.1, 0.15) is 31.7 Å². The zero-order valence-electron chi connectivity index (χ0n) is 13.4. The number of aliphatic hydroxyl groups excluding tert-OH is 1. The zero-order chi connectivity index (χ0) is 16.2. The first kappa shape index (κ1) is 15.7. The van der Waals surface area contributed by atoms with Gasteiger partial charge in [0.2, 0.25) is 5.91 Å². The van der Waals surface area contributed by atoms with Gasteiger partial charge in [-0.25, -0.2) is 0 Å². The van der Waals surface area contributed by atoms with E-state index >= 15 is 0 Å². The largest absolute Gasteiger partial charge is 0.391 e. The Bertz CT molecular complexity index is 719. The second kappa shape index (κ2) is 6.92. The van der Waals surface area contributed by atoms with Crippen molar-refractivity contribution in [2.24, 2.45) is 0 Å². The first-order valence-corrected chi connectivity index (χ1v) is 8.17. The van der Waals surface area contributed by atoms with Crippen LogP contribution in [0.25, 0.3) is 17.0 Å². The number of likely N-dealkylation sites (tertiary alicyclic amines) is 1. The van der Waals surface area contributed by atoms with Crippen LogP contribution in [0.4, 0.5) is 0 Å². The normalized spacial score (nSPS) is 20.1. The number of fused-ring (bicyclic) bond motifs is 1. The highest BCUT2D eigenvalue weighted by atomic mass is 16.3. The van der Waals surface area contributed by atoms with E-state index < -0.39 is 6.10 Å². The number of carbonyl (C=O) groups excluding carboxylic acids is 1. The minimum absolute atomic E-state index is 0.0310. The van der Waals surface area contributed by atoms with Crippen molar-refractivity contribution in [3.8, 4) is 0 Å². The Morgan fingerprint density at radius 2 is 2.17 bits per heavy atom. The molecule has 1 amide bonds. The molecule has 4 nitrogen and oxygen atoms in total. The Hall–Kier alpha value is -2.20. The fourth-order valence-electron chi connectivity index (χ4n) is 3.25. The van der Waals surface area contributed by atoms with Crippen LogP contribution in [-0.2, 0) is 4.79 Å². The van der Waals surface area contributed by atoms with Crippen LogP contribution in [0.3, 0.4) is 0 Å². The first-order chi connectivity index (χ1) is 11.2. The van der Waals surface area contributed by atoms with E-state index in [-0.39, 0.29) is 11.9 Å². The van der Waals surface area contributed by atoms with Gasteiger partial charge in [0.1, 0.15) is 0 Å². The summed E-state index contributed by atoms with van der Waals surface area (Å²) >= 11 is 0. The summed E-state index contributed by atoms with van der Waals surface area (Å²) in [6, 6.07) is 9.73. The van der Waals surface area contributed by atoms with Gasteiger partial charge in [0.25, 0.3) is 0 Å². The topological polar surface area (TPSA) is 53.4 Å². The first-order valence-electron chi connectivity index (χ1n) is 8.17. The molecule has 2 atom stereocenters. The molecule has 0 spiro atoms. The van der Waals surface area contributed by atoms with E-state index in [4.69, 9.17) is 0 Å². The Morgan fingerprint density at radius 1 is 1.35 bits per heavy atom. The molecule has 4 heteroatoms. The van der Waals surface area contributed by atoms with E-state index in [2.05, 4.69) is 4.98 Å². The summed E-state index contributed by atoms with van der Waals surface area (Å²) in [5.74, 6) is -0.0310. The third kappa shape index (κ3) is 3.42. The standard InChI is InChI=1S/C19H22N2O2/c1-14(22)18-8-4-5-13-21(18)19(23)10-9-15-11-12-20-17-7-3-2-6-16(15)17/h2-3,6-7,9-12,14,18,22H,4-5,8,13H2,1H3/b10-9+. The molecule has 2 aromatic rings. The number of hydrogen-bond donors (Lipinski definition) is 1. The third-order valence-corrected chi connectivity index (χ3v) is 4.48. The maximum Gasteiger partial charge on any atom is 0.246 e. The second-order valence-electron chi connectivity index (χ2n) is 6.09. The Kier molecular flexibility index (Phi) is 4.72. The van der Waals surface area contributed by atoms with E-state index in [1.807, 2.05) is 36.4 Å². The number of hydrogen-bond acceptors (Lipinski definition) is 3. The number of amides is 1. The van der Waals surface area contributed by atoms with Gasteiger partial charge in [-0.15, -0.1) is 0 Å². The van der Waals surface area contributed by atoms with Crippen molar-refractivity contribution in [3.05, 3.63) is 48.2 Å². The molecule has 1 aliphatic rings. The summed E-state index contributed by atoms with van der Waals surface area (Å²) in [7, 11) is 0. The van der Waals surface area contributed by atoms with E-state index in [0.29, 0.717) is 0 Å². The monoisotopic (exact) mass is 310 g/mol. The van der Waals surface area contributed by atoms with Crippen LogP contribution in [0.5, 0.6) is 0 Å². The molecule has 120 valence electrons. The van der Waals surface area contributed by atoms with E-state index in [9.17, 15) is 9.90 Å². The molecule has 1 aromatic carbocycles. The summed E-state index contributed by atoms with van der Waals surface area (Å²) in [4.78, 5) is 18.7. The maximum atomic E-state index is 12.5. The Morgan fingerprint density at radius 3 is 3.00 bits per heavy atom. The Balaban J connectivity index is 1.82. The summed E-state index contributed by atoms with van der Waals surface area (Å²) in [6.07, 6.45) is 7.66. The van der Waals surface area contributed by atoms with Gasteiger partial charge in [0.15, 0.2) is 0 Å². The molecule has 2 heterocycles. The van der Waals surface area contributed by atoms with Crippen LogP contribution in [0.2, 0.25) is 0 Å². The molecule has 0 aliphatic carbocycles. The molecule has 1 fully saturated rings. The molecule has 1 saturated heterocycles. The highest BCUT2D eigenvalue weighted by Crippen LogP contribution is 2.21. The summed E-state index contributed by atoms with van der Waals surface area (Å²) < 4.78 is 0. The van der Waals surface area contributed by atoms with Crippen LogP contribution < -0.4 is 0 Å². The van der Waals surface area contributed by atoms with Gasteiger partial charge in [-0.2, -0.15) is 0 Å². The van der Waals surface area contributed by atoms with Gasteiger partial charge in [0.05, 0.1) is 17.7 Å². The van der Waals surface area contributed by atoms with Gasteiger partial charge in [-0.1, -0.05) is 18.2 Å². The maximum absolute atomic E-state index is 12.5. The summed E-state index contributed by atoms with van der Waals surface area (Å²) in [5.41, 5.74) is 1.90. The van der Waals surface area contributed by atoms with E-state index in [1.54, 1.807) is 24.1 Å². The minimum Gasteiger partial charge on any atom is -0.391 e. The van der Waals surface area contributed by atoms with Crippen LogP contribution in [-0.4, -0.2) is 39.6 Å². The lowest BCUT2D eigenvalue weighted by Crippen LogP contribution is -2.48. The van der Waals surface area contributed by atoms with Crippen molar-refractivity contribution >= 4 is 22.9 Å². The number of carbonyl (C=O) groups is 1. The van der Waals surface area contributed by atoms with Crippen molar-refractivity contribution < 1.29 is 9.90 Å². The molecule has 1 aliphatic heterocycles. The smallest absolute Gasteiger partial charge is 0.246 e. The van der Waals surface area contributed by atoms with Gasteiger partial charge in [-0.05, 0) is 50.0 Å². The van der Waals surface area contributed by atoms with Crippen molar-refractivity contribution in [2.75, 3.05) is 6.54 Å². The quantitative estimate of drug-likeness (QED) is 0.887. The lowest BCUT2D eigenvalue weighted by atomic mass is 9.98. The Labute approximate surface area is 136 Å². The average molecular weight is 310 g/mol. The molecule has 0 radical (unpaired) electrons. The lowest BCUT2D eigenvalue weighted by molar-refractivity contribution is -0.132. The van der Waals surface area contributed by atoms with Crippen molar-refractivity contribution in [3.63, 3.8) is 0 Å². The van der Waals surface area contributed by atoms with Crippen LogP contribution >= 0.6 is 0 Å². The molecule has 3 rings (SSSR count). The molecular formula is C19H22N2O2. The lowest BCUT2D eigenvalue weighted by Gasteiger charge is -2.36. The molecule has 23 heavy (non-hydrogen) atoms. The van der Waals surface area contributed by atoms with Crippen molar-refractivity contribution in [1.82, 2.24) is 9.88 Å². The molecule has 2 unspecified atom stereocenters. The number of nitrogens with zero attached hydrogens (tertiary/aromatic N) is 2. The highest BCUT2D eigenvalue weighted by molar-refractivity contribution is 5.95. The summed E-state index contributed by atoms with van der Waals surface area (Å²) in [5, 5.41) is 10.9. The van der Waals surface area contributed by atoms with E-state index in [0.717, 1.165) is 42.3 Å². The fourth-order valence-corrected chi connectivity index (χ4v) is 3.25. The number of benzene rings is 1. The fraction of sp³-hybridized carbons (Fsp3) is 0.368. The predicted octanol–water partition coefficient (Wildman–Crippen LogP) is 3.01. The van der Waals surface area contributed by atoms with Crippen molar-refractivity contribution in [1.29, 1.82) is 0 Å². The van der Waals surface area contributed by atoms with E-state index in [1.165, 1.54) is 0 Å². The van der Waals surface area contributed by atoms with Gasteiger partial charge in [0, 0.05) is 24.2 Å². The second-order valence-corrected chi connectivity index (χ2v) is 6.09. The minimum atomic E-state index is -0.491. The average Bonchev–Trinajstić information content (AvgIpc) is 2.59. The number of para-hydroxylation sites is 1. The van der Waals surface area contributed by atoms with Gasteiger partial charge in [-0.3, -0.25) is 9.78 Å². The predicted molar refractivity (Wildman–Crippen MR) is 91.8 cm³/mol. The van der Waals surface area contributed by atoms with Crippen molar-refractivity contribution in [2.45, 2.75) is 38.3 Å². The number of pyridine rings is 1. The number of piperidine rings is 1. The number of aliphatic hydroxyl groups is 1. The molecule has 0 saturated carbocycles. The zero-order valence-corrected chi connectivity index (χ0v) is 13.4. The van der Waals surface area contributed by atoms with Crippen LogP contribution in [0, 0.1) is 0 Å². The molecule has 1 N–H and O–H groups in total. The third-order valence-electron chi connectivity index (χ3n) is 4.48. The molecule has 0 bridgehead atoms. The highest BCUT2D eigenvalue weighted by Gasteiger charge is 2.28. The van der Waals surface area contributed by atoms with Gasteiger partial charge >= 0.3 is 0 Å². The number of rotatable bonds is 3. The molecule has 1 aromatic heterocycles. The summed E-state index contributed by atoms with van der Waals surface area (Å²) in [6.45, 7) is 2.48. The number of aromatic nitrogens is 1. The van der Waals surface area contributed by atoms with Crippen LogP contribution in [0.15, 0.2) is 42.6 Å². The SMILES string of the molecule is CC(O)C1CCCCN1C(=O)/C=C/c1ccnc2ccccc12. The van der Waals surface area contributed by atoms with Gasteiger partial charge < -0.3 is 10.0 Å². The molecular weight excluding hydrogens is 288 g/mol.